The third-order valence-corrected chi connectivity index (χ3v) is 6.49. The summed E-state index contributed by atoms with van der Waals surface area (Å²) in [4.78, 5) is 11.5. The fraction of sp³-hybridized carbons (Fsp3) is 0.875. The van der Waals surface area contributed by atoms with Crippen LogP contribution in [0, 0.1) is 0 Å². The van der Waals surface area contributed by atoms with Crippen molar-refractivity contribution in [2.75, 3.05) is 11.6 Å². The second-order valence-electron chi connectivity index (χ2n) is 4.91. The van der Waals surface area contributed by atoms with Crippen molar-refractivity contribution in [3.8, 4) is 0 Å². The lowest BCUT2D eigenvalue weighted by Gasteiger charge is -2.20. The Morgan fingerprint density at radius 2 is 2.23 bits per heavy atom. The minimum atomic E-state index is -0.382. The van der Waals surface area contributed by atoms with E-state index in [1.165, 1.54) is 11.6 Å². The fourth-order valence-corrected chi connectivity index (χ4v) is 5.74. The Morgan fingerprint density at radius 1 is 1.62 bits per heavy atom. The predicted octanol–water partition coefficient (Wildman–Crippen LogP) is 1.18. The zero-order valence-electron chi connectivity index (χ0n) is 8.09. The molecule has 3 heterocycles. The molecule has 13 heavy (non-hydrogen) atoms. The fourth-order valence-electron chi connectivity index (χ4n) is 1.85. The highest BCUT2D eigenvalue weighted by Gasteiger charge is 3.00. The van der Waals surface area contributed by atoms with Crippen LogP contribution in [-0.4, -0.2) is 32.6 Å². The molecule has 0 aromatic rings. The molecule has 3 aliphatic rings. The van der Waals surface area contributed by atoms with Gasteiger partial charge in [0.25, 0.3) is 0 Å². The normalized spacial score (nSPS) is 48.7. The number of hydrogen-bond acceptors (Lipinski definition) is 3. The maximum Gasteiger partial charge on any atom is 0.409 e. The summed E-state index contributed by atoms with van der Waals surface area (Å²) < 4.78 is 7.55. The van der Waals surface area contributed by atoms with Crippen molar-refractivity contribution in [2.24, 2.45) is 0 Å². The Balaban J connectivity index is 1.54. The van der Waals surface area contributed by atoms with E-state index in [-0.39, 0.29) is 26.9 Å². The van der Waals surface area contributed by atoms with Gasteiger partial charge in [-0.15, -0.1) is 10.2 Å². The molecule has 3 rings (SSSR count). The molecule has 0 radical (unpaired) electrons. The summed E-state index contributed by atoms with van der Waals surface area (Å²) in [6.07, 6.45) is -0.260. The average Bonchev–Trinajstić information content (AvgIpc) is 2.74. The van der Waals surface area contributed by atoms with Crippen LogP contribution < -0.4 is 5.32 Å². The van der Waals surface area contributed by atoms with Gasteiger partial charge in [0.05, 0.1) is 5.88 Å². The van der Waals surface area contributed by atoms with Crippen LogP contribution in [0.1, 0.15) is 20.8 Å². The van der Waals surface area contributed by atoms with Crippen molar-refractivity contribution in [1.82, 2.24) is 9.62 Å². The molecule has 0 saturated carbocycles. The van der Waals surface area contributed by atoms with Gasteiger partial charge in [-0.2, -0.15) is 0 Å². The Labute approximate surface area is 79.1 Å². The van der Waals surface area contributed by atoms with Gasteiger partial charge in [-0.1, -0.05) is 0 Å². The highest BCUT2D eigenvalue weighted by atomic mass is 32.3. The van der Waals surface area contributed by atoms with Gasteiger partial charge in [0, 0.05) is 5.75 Å². The summed E-state index contributed by atoms with van der Waals surface area (Å²) in [6, 6.07) is 0. The minimum Gasteiger partial charge on any atom is -0.444 e. The van der Waals surface area contributed by atoms with E-state index in [9.17, 15) is 4.79 Å². The number of nitrogens with one attached hydrogen (secondary N) is 1. The van der Waals surface area contributed by atoms with Crippen molar-refractivity contribution >= 4 is 16.3 Å². The first-order valence-corrected chi connectivity index (χ1v) is 6.40. The van der Waals surface area contributed by atoms with Crippen molar-refractivity contribution in [3.05, 3.63) is 0 Å². The Morgan fingerprint density at radius 3 is 2.54 bits per heavy atom. The van der Waals surface area contributed by atoms with E-state index in [0.29, 0.717) is 0 Å². The largest absolute Gasteiger partial charge is 0.444 e. The van der Waals surface area contributed by atoms with Gasteiger partial charge in [0.1, 0.15) is 5.60 Å². The van der Waals surface area contributed by atoms with Crippen LogP contribution in [0.15, 0.2) is 0 Å². The van der Waals surface area contributed by atoms with Crippen LogP contribution in [0.3, 0.4) is 0 Å². The summed E-state index contributed by atoms with van der Waals surface area (Å²) in [5, 5.41) is 2.95. The Bertz CT molecular complexity index is 314. The average molecular weight is 202 g/mol. The van der Waals surface area contributed by atoms with Crippen LogP contribution in [0.5, 0.6) is 0 Å². The Hall–Kier alpha value is -0.420. The predicted molar refractivity (Wildman–Crippen MR) is 51.3 cm³/mol. The van der Waals surface area contributed by atoms with Gasteiger partial charge in [0.15, 0.2) is 4.99 Å². The number of rotatable bonds is 1. The second kappa shape index (κ2) is 1.70. The number of fused-ring (bicyclic) bond motifs is 1. The van der Waals surface area contributed by atoms with Gasteiger partial charge < -0.3 is 4.74 Å². The van der Waals surface area contributed by atoms with Gasteiger partial charge in [-0.05, 0) is 20.8 Å². The van der Waals surface area contributed by atoms with Gasteiger partial charge in [-0.25, -0.2) is 9.10 Å². The first-order valence-electron chi connectivity index (χ1n) is 4.47. The van der Waals surface area contributed by atoms with Crippen molar-refractivity contribution in [1.29, 1.82) is 0 Å². The summed E-state index contributed by atoms with van der Waals surface area (Å²) in [5.41, 5.74) is -0.382. The summed E-state index contributed by atoms with van der Waals surface area (Å²) in [5.74, 6) is 2.46. The molecular formula is C8H14N2O2S. The molecule has 0 bridgehead atoms. The molecule has 74 valence electrons. The van der Waals surface area contributed by atoms with E-state index in [2.05, 4.69) is 9.62 Å². The van der Waals surface area contributed by atoms with Gasteiger partial charge in [0.2, 0.25) is 0 Å². The zero-order valence-corrected chi connectivity index (χ0v) is 8.90. The molecule has 4 nitrogen and oxygen atoms in total. The minimum absolute atomic E-state index is 0.134. The maximum absolute atomic E-state index is 11.4. The quantitative estimate of drug-likeness (QED) is 0.649. The molecule has 5 heteroatoms. The molecule has 0 aliphatic carbocycles. The summed E-state index contributed by atoms with van der Waals surface area (Å²) >= 11 is 0. The molecule has 3 fully saturated rings. The molecule has 1 spiro atoms. The lowest BCUT2D eigenvalue weighted by Crippen LogP contribution is -2.41. The van der Waals surface area contributed by atoms with Crippen molar-refractivity contribution in [3.63, 3.8) is 0 Å². The molecule has 0 aromatic carbocycles. The molecule has 3 aliphatic heterocycles. The number of nitrogens with zero attached hydrogens (tertiary/aromatic N) is 1. The number of hydrogen-bond donors (Lipinski definition) is 1. The lowest BCUT2D eigenvalue weighted by molar-refractivity contribution is 0.0494. The molecule has 2 unspecified atom stereocenters. The standard InChI is InChI=1S/C8H14N2O2S/c1-7(2,3)12-6(11)9-8-4-13(8)5-10(8)13/h4-5H2,1-3H3,(H,9,11). The maximum atomic E-state index is 11.4. The molecule has 1 amide bonds. The zero-order chi connectivity index (χ0) is 9.48. The summed E-state index contributed by atoms with van der Waals surface area (Å²) in [6.45, 7) is 5.65. The van der Waals surface area contributed by atoms with Gasteiger partial charge in [-0.3, -0.25) is 5.32 Å². The highest BCUT2D eigenvalue weighted by Crippen LogP contribution is 3.08. The third-order valence-electron chi connectivity index (χ3n) is 2.72. The number of alkyl carbamates (subject to hydrolysis) is 1. The molecule has 3 saturated heterocycles. The van der Waals surface area contributed by atoms with Gasteiger partial charge >= 0.3 is 6.09 Å². The molecule has 0 aromatic heterocycles. The molecular weight excluding hydrogens is 188 g/mol. The Kier molecular flexibility index (Phi) is 1.04. The third kappa shape index (κ3) is 0.840. The van der Waals surface area contributed by atoms with Crippen LogP contribution in [-0.2, 0) is 4.74 Å². The highest BCUT2D eigenvalue weighted by molar-refractivity contribution is 8.50. The smallest absolute Gasteiger partial charge is 0.409 e. The van der Waals surface area contributed by atoms with Crippen LogP contribution in [0.25, 0.3) is 0 Å². The first kappa shape index (κ1) is 7.94. The van der Waals surface area contributed by atoms with E-state index in [1.807, 2.05) is 20.8 Å². The molecule has 1 N–H and O–H groups in total. The number of carbonyl (C=O) groups is 1. The van der Waals surface area contributed by atoms with Crippen molar-refractivity contribution < 1.29 is 9.53 Å². The second-order valence-corrected chi connectivity index (χ2v) is 8.25. The van der Waals surface area contributed by atoms with E-state index in [0.717, 1.165) is 0 Å². The van der Waals surface area contributed by atoms with E-state index in [1.54, 1.807) is 0 Å². The lowest BCUT2D eigenvalue weighted by atomic mass is 10.2. The van der Waals surface area contributed by atoms with Crippen molar-refractivity contribution in [2.45, 2.75) is 31.4 Å². The SMILES string of the molecule is CC(C)(C)OC(=O)NC12C[S@@]13CN23. The first-order chi connectivity index (χ1) is 5.90. The van der Waals surface area contributed by atoms with E-state index >= 15 is 0 Å². The number of ether oxygens (including phenoxy) is 1. The van der Waals surface area contributed by atoms with E-state index < -0.39 is 0 Å². The topological polar surface area (TPSA) is 41.3 Å². The van der Waals surface area contributed by atoms with E-state index in [4.69, 9.17) is 4.74 Å². The molecule has 3 atom stereocenters. The summed E-state index contributed by atoms with van der Waals surface area (Å²) in [7, 11) is -0.374. The monoisotopic (exact) mass is 202 g/mol. The number of amides is 1. The van der Waals surface area contributed by atoms with Crippen LogP contribution in [0.2, 0.25) is 0 Å². The van der Waals surface area contributed by atoms with Crippen LogP contribution >= 0.6 is 10.2 Å². The number of carbonyl (C=O) groups excluding carboxylic acids is 1. The van der Waals surface area contributed by atoms with Crippen LogP contribution in [0.4, 0.5) is 4.79 Å².